The van der Waals surface area contributed by atoms with Crippen molar-refractivity contribution < 1.29 is 19.6 Å². The zero-order valence-electron chi connectivity index (χ0n) is 16.6. The summed E-state index contributed by atoms with van der Waals surface area (Å²) in [7, 11) is 0. The number of hydrogen-bond acceptors (Lipinski definition) is 3. The van der Waals surface area contributed by atoms with Crippen molar-refractivity contribution in [3.8, 4) is 11.5 Å². The second-order valence-corrected chi connectivity index (χ2v) is 6.50. The first kappa shape index (κ1) is 20.8. The van der Waals surface area contributed by atoms with Crippen LogP contribution in [0, 0.1) is 6.92 Å². The molecule has 2 rings (SSSR count). The van der Waals surface area contributed by atoms with Crippen LogP contribution in [0.2, 0.25) is 0 Å². The summed E-state index contributed by atoms with van der Waals surface area (Å²) >= 11 is 0. The SMILES string of the molecule is CCCC[NH2+]Cc1ccc(OCC(=O)Nc2ccccc2C)c(OCC)c1. The standard InChI is InChI=1S/C22H30N2O3/c1-4-6-13-23-15-18-11-12-20(21(14-18)26-5-2)27-16-22(25)24-19-10-8-7-9-17(19)3/h7-12,14,23H,4-6,13,15-16H2,1-3H3,(H,24,25)/p+1. The molecule has 5 heteroatoms. The van der Waals surface area contributed by atoms with Gasteiger partial charge in [-0.05, 0) is 50.1 Å². The van der Waals surface area contributed by atoms with E-state index < -0.39 is 0 Å². The molecule has 27 heavy (non-hydrogen) atoms. The van der Waals surface area contributed by atoms with E-state index >= 15 is 0 Å². The van der Waals surface area contributed by atoms with Crippen LogP contribution in [-0.2, 0) is 11.3 Å². The number of unbranched alkanes of at least 4 members (excludes halogenated alkanes) is 1. The van der Waals surface area contributed by atoms with E-state index in [0.29, 0.717) is 18.1 Å². The Morgan fingerprint density at radius 2 is 1.89 bits per heavy atom. The van der Waals surface area contributed by atoms with Crippen molar-refractivity contribution in [2.45, 2.75) is 40.2 Å². The van der Waals surface area contributed by atoms with Gasteiger partial charge in [0.15, 0.2) is 18.1 Å². The second kappa shape index (κ2) is 11.2. The van der Waals surface area contributed by atoms with Crippen molar-refractivity contribution in [1.82, 2.24) is 0 Å². The molecule has 0 saturated heterocycles. The summed E-state index contributed by atoms with van der Waals surface area (Å²) in [6.45, 7) is 8.62. The monoisotopic (exact) mass is 371 g/mol. The van der Waals surface area contributed by atoms with Crippen LogP contribution in [0.25, 0.3) is 0 Å². The van der Waals surface area contributed by atoms with Crippen LogP contribution in [0.4, 0.5) is 5.69 Å². The topological polar surface area (TPSA) is 64.2 Å². The van der Waals surface area contributed by atoms with Crippen molar-refractivity contribution in [3.05, 3.63) is 53.6 Å². The summed E-state index contributed by atoms with van der Waals surface area (Å²) in [5, 5.41) is 5.17. The van der Waals surface area contributed by atoms with Crippen LogP contribution in [0.15, 0.2) is 42.5 Å². The van der Waals surface area contributed by atoms with E-state index in [9.17, 15) is 4.79 Å². The van der Waals surface area contributed by atoms with Gasteiger partial charge >= 0.3 is 0 Å². The Morgan fingerprint density at radius 3 is 2.63 bits per heavy atom. The van der Waals surface area contributed by atoms with Gasteiger partial charge in [-0.25, -0.2) is 0 Å². The summed E-state index contributed by atoms with van der Waals surface area (Å²) in [4.78, 5) is 12.2. The van der Waals surface area contributed by atoms with Gasteiger partial charge in [-0.1, -0.05) is 31.5 Å². The van der Waals surface area contributed by atoms with Crippen LogP contribution < -0.4 is 20.1 Å². The van der Waals surface area contributed by atoms with E-state index in [1.54, 1.807) is 0 Å². The third-order valence-electron chi connectivity index (χ3n) is 4.23. The minimum absolute atomic E-state index is 0.0591. The maximum Gasteiger partial charge on any atom is 0.262 e. The van der Waals surface area contributed by atoms with Crippen molar-refractivity contribution in [2.75, 3.05) is 25.1 Å². The molecule has 0 radical (unpaired) electrons. The number of para-hydroxylation sites is 1. The number of nitrogens with one attached hydrogen (secondary N) is 1. The molecule has 2 aromatic rings. The van der Waals surface area contributed by atoms with Crippen molar-refractivity contribution in [2.24, 2.45) is 0 Å². The Bertz CT molecular complexity index is 731. The number of carbonyl (C=O) groups excluding carboxylic acids is 1. The Kier molecular flexibility index (Phi) is 8.65. The van der Waals surface area contributed by atoms with Gasteiger partial charge in [0, 0.05) is 11.3 Å². The maximum absolute atomic E-state index is 12.2. The normalized spacial score (nSPS) is 10.5. The number of rotatable bonds is 11. The minimum atomic E-state index is -0.191. The van der Waals surface area contributed by atoms with E-state index in [1.165, 1.54) is 18.4 Å². The van der Waals surface area contributed by atoms with E-state index in [-0.39, 0.29) is 12.5 Å². The Hall–Kier alpha value is -2.53. The highest BCUT2D eigenvalue weighted by Gasteiger charge is 2.11. The molecule has 0 bridgehead atoms. The quantitative estimate of drug-likeness (QED) is 0.596. The Labute approximate surface area is 162 Å². The number of anilines is 1. The minimum Gasteiger partial charge on any atom is -0.490 e. The van der Waals surface area contributed by atoms with Gasteiger partial charge in [-0.15, -0.1) is 0 Å². The van der Waals surface area contributed by atoms with Crippen LogP contribution >= 0.6 is 0 Å². The molecule has 0 saturated carbocycles. The highest BCUT2D eigenvalue weighted by molar-refractivity contribution is 5.92. The molecule has 5 nitrogen and oxygen atoms in total. The largest absolute Gasteiger partial charge is 0.490 e. The summed E-state index contributed by atoms with van der Waals surface area (Å²) in [5.74, 6) is 1.08. The molecule has 0 aliphatic carbocycles. The molecule has 1 amide bonds. The average Bonchev–Trinajstić information content (AvgIpc) is 2.67. The first-order valence-electron chi connectivity index (χ1n) is 9.69. The Morgan fingerprint density at radius 1 is 1.07 bits per heavy atom. The van der Waals surface area contributed by atoms with E-state index in [1.807, 2.05) is 56.3 Å². The molecule has 0 aromatic heterocycles. The molecule has 3 N–H and O–H groups in total. The van der Waals surface area contributed by atoms with Crippen LogP contribution in [-0.4, -0.2) is 25.7 Å². The zero-order valence-corrected chi connectivity index (χ0v) is 16.6. The summed E-state index contributed by atoms with van der Waals surface area (Å²) in [6, 6.07) is 13.6. The van der Waals surface area contributed by atoms with E-state index in [0.717, 1.165) is 24.3 Å². The molecule has 0 heterocycles. The lowest BCUT2D eigenvalue weighted by Gasteiger charge is -2.14. The lowest BCUT2D eigenvalue weighted by Crippen LogP contribution is -2.82. The molecule has 0 unspecified atom stereocenters. The van der Waals surface area contributed by atoms with Crippen LogP contribution in [0.1, 0.15) is 37.8 Å². The predicted molar refractivity (Wildman–Crippen MR) is 108 cm³/mol. The molecule has 0 aliphatic heterocycles. The third kappa shape index (κ3) is 6.94. The van der Waals surface area contributed by atoms with Gasteiger partial charge in [-0.3, -0.25) is 4.79 Å². The fraction of sp³-hybridized carbons (Fsp3) is 0.409. The number of amides is 1. The average molecular weight is 372 g/mol. The number of quaternary nitrogens is 1. The molecule has 146 valence electrons. The molecule has 2 aromatic carbocycles. The molecule has 0 fully saturated rings. The molecule has 0 aliphatic rings. The number of carbonyl (C=O) groups is 1. The zero-order chi connectivity index (χ0) is 19.5. The van der Waals surface area contributed by atoms with Gasteiger partial charge < -0.3 is 20.1 Å². The summed E-state index contributed by atoms with van der Waals surface area (Å²) in [6.07, 6.45) is 2.42. The lowest BCUT2D eigenvalue weighted by molar-refractivity contribution is -0.670. The highest BCUT2D eigenvalue weighted by atomic mass is 16.5. The molecular weight excluding hydrogens is 340 g/mol. The van der Waals surface area contributed by atoms with Crippen molar-refractivity contribution in [3.63, 3.8) is 0 Å². The van der Waals surface area contributed by atoms with Crippen molar-refractivity contribution in [1.29, 1.82) is 0 Å². The van der Waals surface area contributed by atoms with Crippen LogP contribution in [0.5, 0.6) is 11.5 Å². The van der Waals surface area contributed by atoms with Gasteiger partial charge in [-0.2, -0.15) is 0 Å². The maximum atomic E-state index is 12.2. The Balaban J connectivity index is 1.94. The van der Waals surface area contributed by atoms with Gasteiger partial charge in [0.25, 0.3) is 5.91 Å². The fourth-order valence-electron chi connectivity index (χ4n) is 2.73. The van der Waals surface area contributed by atoms with Crippen LogP contribution in [0.3, 0.4) is 0 Å². The number of hydrogen-bond donors (Lipinski definition) is 2. The van der Waals surface area contributed by atoms with E-state index in [2.05, 4.69) is 17.6 Å². The number of benzene rings is 2. The fourth-order valence-corrected chi connectivity index (χ4v) is 2.73. The lowest BCUT2D eigenvalue weighted by atomic mass is 10.2. The number of aryl methyl sites for hydroxylation is 1. The van der Waals surface area contributed by atoms with Gasteiger partial charge in [0.05, 0.1) is 13.2 Å². The second-order valence-electron chi connectivity index (χ2n) is 6.50. The molecular formula is C22H31N2O3+. The third-order valence-corrected chi connectivity index (χ3v) is 4.23. The van der Waals surface area contributed by atoms with Crippen molar-refractivity contribution >= 4 is 11.6 Å². The molecule has 0 spiro atoms. The number of nitrogens with two attached hydrogens (primary N) is 1. The van der Waals surface area contributed by atoms with Gasteiger partial charge in [0.2, 0.25) is 0 Å². The highest BCUT2D eigenvalue weighted by Crippen LogP contribution is 2.28. The summed E-state index contributed by atoms with van der Waals surface area (Å²) < 4.78 is 11.4. The first-order valence-corrected chi connectivity index (χ1v) is 9.69. The first-order chi connectivity index (χ1) is 13.1. The predicted octanol–water partition coefficient (Wildman–Crippen LogP) is 3.27. The van der Waals surface area contributed by atoms with Gasteiger partial charge in [0.1, 0.15) is 6.54 Å². The molecule has 0 atom stereocenters. The smallest absolute Gasteiger partial charge is 0.262 e. The van der Waals surface area contributed by atoms with E-state index in [4.69, 9.17) is 9.47 Å². The summed E-state index contributed by atoms with van der Waals surface area (Å²) in [5.41, 5.74) is 3.00. The number of ether oxygens (including phenoxy) is 2.